The first-order valence-corrected chi connectivity index (χ1v) is 14.9. The van der Waals surface area contributed by atoms with Crippen molar-refractivity contribution in [3.8, 4) is 29.1 Å². The summed E-state index contributed by atoms with van der Waals surface area (Å²) in [5, 5.41) is 26.6. The molecular formula is C33H42FN3O7. The third kappa shape index (κ3) is 8.40. The molecule has 0 unspecified atom stereocenters. The summed E-state index contributed by atoms with van der Waals surface area (Å²) in [4.78, 5) is 26.2. The van der Waals surface area contributed by atoms with Crippen molar-refractivity contribution in [2.24, 2.45) is 0 Å². The SMILES string of the molecule is CCOc1cc2c(c(F)c1OCC)C(=N)N(CC(=O)c1cc(OCCCCC(=O)O)c(OCCCC#N)c(C(C)(C)C)c1)C2. The zero-order valence-electron chi connectivity index (χ0n) is 26.2. The molecule has 0 atom stereocenters. The number of fused-ring (bicyclic) bond motifs is 1. The van der Waals surface area contributed by atoms with Gasteiger partial charge in [-0.25, -0.2) is 4.39 Å². The number of carbonyl (C=O) groups excluding carboxylic acids is 1. The Morgan fingerprint density at radius 3 is 2.32 bits per heavy atom. The summed E-state index contributed by atoms with van der Waals surface area (Å²) in [5.74, 6) is -0.935. The molecule has 2 N–H and O–H groups in total. The lowest BCUT2D eigenvalue weighted by atomic mass is 9.84. The summed E-state index contributed by atoms with van der Waals surface area (Å²) >= 11 is 0. The van der Waals surface area contributed by atoms with E-state index in [9.17, 15) is 9.59 Å². The highest BCUT2D eigenvalue weighted by Gasteiger charge is 2.34. The first kappa shape index (κ1) is 34.2. The molecule has 0 bridgehead atoms. The molecule has 3 rings (SSSR count). The average Bonchev–Trinajstić information content (AvgIpc) is 3.26. The highest BCUT2D eigenvalue weighted by atomic mass is 19.1. The van der Waals surface area contributed by atoms with Gasteiger partial charge in [-0.15, -0.1) is 0 Å². The summed E-state index contributed by atoms with van der Waals surface area (Å²) in [6.45, 7) is 10.5. The molecule has 0 radical (unpaired) electrons. The van der Waals surface area contributed by atoms with Gasteiger partial charge in [0.1, 0.15) is 5.84 Å². The van der Waals surface area contributed by atoms with E-state index in [0.717, 1.165) is 5.56 Å². The van der Waals surface area contributed by atoms with Crippen molar-refractivity contribution in [1.82, 2.24) is 4.90 Å². The summed E-state index contributed by atoms with van der Waals surface area (Å²) in [5.41, 5.74) is 1.25. The summed E-state index contributed by atoms with van der Waals surface area (Å²) in [6, 6.07) is 7.12. The number of benzene rings is 2. The van der Waals surface area contributed by atoms with Gasteiger partial charge in [-0.3, -0.25) is 15.0 Å². The number of carboxylic acid groups (broad SMARTS) is 1. The number of Topliss-reactive ketones (excluding diaryl/α,β-unsaturated/α-hetero) is 1. The van der Waals surface area contributed by atoms with Gasteiger partial charge in [0.2, 0.25) is 0 Å². The summed E-state index contributed by atoms with van der Waals surface area (Å²) in [7, 11) is 0. The van der Waals surface area contributed by atoms with Crippen LogP contribution < -0.4 is 18.9 Å². The van der Waals surface area contributed by atoms with Crippen molar-refractivity contribution in [2.75, 3.05) is 33.0 Å². The van der Waals surface area contributed by atoms with Crippen molar-refractivity contribution in [3.05, 3.63) is 46.3 Å². The summed E-state index contributed by atoms with van der Waals surface area (Å²) < 4.78 is 38.8. The van der Waals surface area contributed by atoms with Crippen LogP contribution in [0.3, 0.4) is 0 Å². The van der Waals surface area contributed by atoms with Gasteiger partial charge in [0, 0.05) is 30.5 Å². The number of halogens is 1. The number of aliphatic carboxylic acids is 1. The number of ketones is 1. The second kappa shape index (κ2) is 15.4. The summed E-state index contributed by atoms with van der Waals surface area (Å²) in [6.07, 6.45) is 1.79. The molecule has 11 heteroatoms. The zero-order chi connectivity index (χ0) is 32.4. The lowest BCUT2D eigenvalue weighted by Crippen LogP contribution is -2.30. The van der Waals surface area contributed by atoms with Crippen LogP contribution in [0.4, 0.5) is 4.39 Å². The maximum atomic E-state index is 15.5. The molecule has 0 saturated carbocycles. The molecule has 0 aliphatic carbocycles. The maximum Gasteiger partial charge on any atom is 0.303 e. The number of nitriles is 1. The lowest BCUT2D eigenvalue weighted by Gasteiger charge is -2.26. The van der Waals surface area contributed by atoms with Crippen molar-refractivity contribution in [3.63, 3.8) is 0 Å². The van der Waals surface area contributed by atoms with Crippen LogP contribution in [0.25, 0.3) is 0 Å². The second-order valence-corrected chi connectivity index (χ2v) is 11.5. The molecule has 0 aromatic heterocycles. The number of ether oxygens (including phenoxy) is 4. The standard InChI is InChI=1S/C33H42FN3O7/c1-6-41-26-18-22-19-37(32(36)28(22)29(34)31(26)42-7-2)20-24(38)21-16-23(33(3,4)5)30(44-15-11-9-13-35)25(17-21)43-14-10-8-12-27(39)40/h16-18,36H,6-12,14-15,19-20H2,1-5H3,(H,39,40). The number of carbonyl (C=O) groups is 2. The minimum Gasteiger partial charge on any atom is -0.490 e. The molecule has 0 amide bonds. The highest BCUT2D eigenvalue weighted by Crippen LogP contribution is 2.42. The molecule has 238 valence electrons. The van der Waals surface area contributed by atoms with Gasteiger partial charge in [0.05, 0.1) is 44.6 Å². The largest absolute Gasteiger partial charge is 0.490 e. The molecule has 0 saturated heterocycles. The van der Waals surface area contributed by atoms with E-state index in [4.69, 9.17) is 34.7 Å². The number of rotatable bonds is 17. The Hall–Kier alpha value is -4.33. The minimum absolute atomic E-state index is 0.0234. The fraction of sp³-hybridized carbons (Fsp3) is 0.515. The fourth-order valence-electron chi connectivity index (χ4n) is 4.89. The van der Waals surface area contributed by atoms with Crippen molar-refractivity contribution in [2.45, 2.75) is 78.7 Å². The van der Waals surface area contributed by atoms with Gasteiger partial charge >= 0.3 is 5.97 Å². The minimum atomic E-state index is -0.883. The van der Waals surface area contributed by atoms with Crippen LogP contribution in [0.1, 0.15) is 93.8 Å². The highest BCUT2D eigenvalue weighted by molar-refractivity contribution is 6.06. The van der Waals surface area contributed by atoms with Gasteiger partial charge < -0.3 is 29.0 Å². The first-order valence-electron chi connectivity index (χ1n) is 14.9. The molecule has 44 heavy (non-hydrogen) atoms. The fourth-order valence-corrected chi connectivity index (χ4v) is 4.89. The Labute approximate surface area is 258 Å². The van der Waals surface area contributed by atoms with Gasteiger partial charge in [-0.1, -0.05) is 20.8 Å². The van der Waals surface area contributed by atoms with Crippen LogP contribution in [-0.4, -0.2) is 60.6 Å². The molecule has 1 aliphatic heterocycles. The number of unbranched alkanes of at least 4 members (excludes halogenated alkanes) is 2. The Kier molecular flexibility index (Phi) is 12.0. The lowest BCUT2D eigenvalue weighted by molar-refractivity contribution is -0.137. The Balaban J connectivity index is 1.92. The Bertz CT molecular complexity index is 1410. The third-order valence-electron chi connectivity index (χ3n) is 7.01. The first-order chi connectivity index (χ1) is 20.9. The van der Waals surface area contributed by atoms with E-state index < -0.39 is 17.2 Å². The number of nitrogens with zero attached hydrogens (tertiary/aromatic N) is 2. The average molecular weight is 612 g/mol. The number of nitrogens with one attached hydrogen (secondary N) is 1. The normalized spacial score (nSPS) is 12.5. The van der Waals surface area contributed by atoms with Crippen LogP contribution in [0.15, 0.2) is 18.2 Å². The zero-order valence-corrected chi connectivity index (χ0v) is 26.2. The van der Waals surface area contributed by atoms with E-state index in [2.05, 4.69) is 6.07 Å². The van der Waals surface area contributed by atoms with Gasteiger partial charge in [-0.05, 0) is 62.3 Å². The van der Waals surface area contributed by atoms with Gasteiger partial charge in [0.15, 0.2) is 34.6 Å². The molecule has 1 aliphatic rings. The smallest absolute Gasteiger partial charge is 0.303 e. The van der Waals surface area contributed by atoms with E-state index >= 15 is 4.39 Å². The number of hydrogen-bond acceptors (Lipinski definition) is 8. The molecule has 10 nitrogen and oxygen atoms in total. The van der Waals surface area contributed by atoms with E-state index in [1.54, 1.807) is 32.0 Å². The molecule has 1 heterocycles. The Morgan fingerprint density at radius 2 is 1.68 bits per heavy atom. The second-order valence-electron chi connectivity index (χ2n) is 11.5. The van der Waals surface area contributed by atoms with E-state index in [-0.39, 0.29) is 68.0 Å². The monoisotopic (exact) mass is 611 g/mol. The Morgan fingerprint density at radius 1 is 1.00 bits per heavy atom. The van der Waals surface area contributed by atoms with Crippen LogP contribution in [0.5, 0.6) is 23.0 Å². The quantitative estimate of drug-likeness (QED) is 0.156. The molecule has 0 spiro atoms. The molecule has 2 aromatic carbocycles. The van der Waals surface area contributed by atoms with Crippen LogP contribution in [0, 0.1) is 22.6 Å². The van der Waals surface area contributed by atoms with Gasteiger partial charge in [-0.2, -0.15) is 5.26 Å². The van der Waals surface area contributed by atoms with Crippen LogP contribution >= 0.6 is 0 Å². The van der Waals surface area contributed by atoms with Crippen molar-refractivity contribution in [1.29, 1.82) is 10.7 Å². The number of carboxylic acids is 1. The molecule has 0 fully saturated rings. The van der Waals surface area contributed by atoms with E-state index in [1.807, 2.05) is 20.8 Å². The van der Waals surface area contributed by atoms with Crippen LogP contribution in [0.2, 0.25) is 0 Å². The van der Waals surface area contributed by atoms with Crippen molar-refractivity contribution < 1.29 is 38.0 Å². The predicted molar refractivity (Wildman–Crippen MR) is 163 cm³/mol. The van der Waals surface area contributed by atoms with Crippen molar-refractivity contribution >= 4 is 17.6 Å². The third-order valence-corrected chi connectivity index (χ3v) is 7.01. The van der Waals surface area contributed by atoms with Gasteiger partial charge in [0.25, 0.3) is 0 Å². The molecular weight excluding hydrogens is 569 g/mol. The number of amidine groups is 1. The maximum absolute atomic E-state index is 15.5. The van der Waals surface area contributed by atoms with E-state index in [0.29, 0.717) is 54.9 Å². The van der Waals surface area contributed by atoms with Crippen LogP contribution in [-0.2, 0) is 16.8 Å². The number of hydrogen-bond donors (Lipinski definition) is 2. The predicted octanol–water partition coefficient (Wildman–Crippen LogP) is 6.26. The van der Waals surface area contributed by atoms with E-state index in [1.165, 1.54) is 4.90 Å². The molecule has 2 aromatic rings. The topological polar surface area (TPSA) is 142 Å².